The van der Waals surface area contributed by atoms with E-state index in [9.17, 15) is 4.79 Å². The summed E-state index contributed by atoms with van der Waals surface area (Å²) in [7, 11) is 0. The molecule has 2 fully saturated rings. The van der Waals surface area contributed by atoms with E-state index < -0.39 is 0 Å². The summed E-state index contributed by atoms with van der Waals surface area (Å²) in [4.78, 5) is 13.9. The van der Waals surface area contributed by atoms with Gasteiger partial charge in [-0.05, 0) is 50.7 Å². The van der Waals surface area contributed by atoms with Crippen LogP contribution in [0.25, 0.3) is 0 Å². The molecule has 1 saturated heterocycles. The number of amides is 1. The summed E-state index contributed by atoms with van der Waals surface area (Å²) in [5.74, 6) is 0. The maximum atomic E-state index is 12.3. The smallest absolute Gasteiger partial charge is 0.412 e. The Labute approximate surface area is 155 Å². The standard InChI is InChI=1S/C18H25ClN2O2.ClH/c19-14-8-2-3-9-15(14)20-18(22)23-17-11-5-4-10-16(17)21-12-6-1-7-13-21;/h2-3,8-9,16-17H,1,4-7,10-13H2,(H,20,22);1H. The first kappa shape index (κ1) is 19.4. The summed E-state index contributed by atoms with van der Waals surface area (Å²) in [6.45, 7) is 2.44. The van der Waals surface area contributed by atoms with Gasteiger partial charge in [-0.15, -0.1) is 0 Å². The number of carbonyl (C=O) groups is 1. The van der Waals surface area contributed by atoms with E-state index in [1.165, 1.54) is 45.2 Å². The van der Waals surface area contributed by atoms with Crippen molar-refractivity contribution in [1.82, 2.24) is 0 Å². The molecule has 6 heteroatoms. The van der Waals surface area contributed by atoms with Crippen molar-refractivity contribution in [2.24, 2.45) is 0 Å². The molecule has 2 unspecified atom stereocenters. The Morgan fingerprint density at radius 1 is 1.08 bits per heavy atom. The highest BCUT2D eigenvalue weighted by molar-refractivity contribution is 6.33. The van der Waals surface area contributed by atoms with Crippen molar-refractivity contribution in [2.45, 2.75) is 57.1 Å². The maximum Gasteiger partial charge on any atom is 0.412 e. The lowest BCUT2D eigenvalue weighted by molar-refractivity contribution is -0.934. The van der Waals surface area contributed by atoms with Gasteiger partial charge in [-0.2, -0.15) is 0 Å². The summed E-state index contributed by atoms with van der Waals surface area (Å²) >= 11 is 6.09. The van der Waals surface area contributed by atoms with Gasteiger partial charge in [0.15, 0.2) is 6.10 Å². The number of piperidine rings is 1. The predicted octanol–water partition coefficient (Wildman–Crippen LogP) is 0.273. The second-order valence-corrected chi connectivity index (χ2v) is 7.07. The van der Waals surface area contributed by atoms with Crippen LogP contribution < -0.4 is 22.6 Å². The van der Waals surface area contributed by atoms with Gasteiger partial charge in [0.05, 0.1) is 23.8 Å². The molecule has 2 atom stereocenters. The third-order valence-corrected chi connectivity index (χ3v) is 5.42. The Kier molecular flexibility index (Phi) is 7.66. The van der Waals surface area contributed by atoms with Crippen LogP contribution in [-0.4, -0.2) is 31.3 Å². The van der Waals surface area contributed by atoms with Gasteiger partial charge in [-0.3, -0.25) is 5.32 Å². The van der Waals surface area contributed by atoms with Gasteiger partial charge in [0.25, 0.3) is 0 Å². The molecule has 0 bridgehead atoms. The molecular formula is C18H26Cl2N2O2. The van der Waals surface area contributed by atoms with Crippen LogP contribution in [0.4, 0.5) is 10.5 Å². The first-order valence-electron chi connectivity index (χ1n) is 8.81. The summed E-state index contributed by atoms with van der Waals surface area (Å²) in [5, 5.41) is 3.31. The first-order valence-corrected chi connectivity index (χ1v) is 9.18. The maximum absolute atomic E-state index is 12.3. The zero-order valence-electron chi connectivity index (χ0n) is 13.9. The van der Waals surface area contributed by atoms with Crippen molar-refractivity contribution >= 4 is 23.4 Å². The lowest BCUT2D eigenvalue weighted by Gasteiger charge is -2.38. The molecule has 24 heavy (non-hydrogen) atoms. The Balaban J connectivity index is 0.00000208. The van der Waals surface area contributed by atoms with Crippen LogP contribution in [0.3, 0.4) is 0 Å². The van der Waals surface area contributed by atoms with Gasteiger partial charge in [-0.25, -0.2) is 4.79 Å². The molecule has 1 saturated carbocycles. The number of hydrogen-bond acceptors (Lipinski definition) is 2. The zero-order chi connectivity index (χ0) is 16.1. The quantitative estimate of drug-likeness (QED) is 0.799. The van der Waals surface area contributed by atoms with Crippen molar-refractivity contribution in [2.75, 3.05) is 18.4 Å². The van der Waals surface area contributed by atoms with E-state index in [-0.39, 0.29) is 24.6 Å². The predicted molar refractivity (Wildman–Crippen MR) is 92.1 cm³/mol. The minimum atomic E-state index is -0.383. The van der Waals surface area contributed by atoms with Crippen LogP contribution in [-0.2, 0) is 4.74 Å². The van der Waals surface area contributed by atoms with E-state index >= 15 is 0 Å². The number of rotatable bonds is 3. The summed E-state index contributed by atoms with van der Waals surface area (Å²) in [6.07, 6.45) is 8.12. The van der Waals surface area contributed by atoms with E-state index in [0.29, 0.717) is 16.8 Å². The van der Waals surface area contributed by atoms with Crippen LogP contribution in [0.15, 0.2) is 24.3 Å². The molecule has 1 aromatic rings. The minimum Gasteiger partial charge on any atom is -1.00 e. The lowest BCUT2D eigenvalue weighted by atomic mass is 9.90. The summed E-state index contributed by atoms with van der Waals surface area (Å²) in [6, 6.07) is 7.70. The molecule has 1 amide bonds. The highest BCUT2D eigenvalue weighted by atomic mass is 35.5. The molecule has 0 radical (unpaired) electrons. The van der Waals surface area contributed by atoms with Crippen molar-refractivity contribution < 1.29 is 26.8 Å². The lowest BCUT2D eigenvalue weighted by Crippen LogP contribution is -3.17. The largest absolute Gasteiger partial charge is 1.00 e. The SMILES string of the molecule is O=C(Nc1ccccc1Cl)OC1CCCCC1[NH+]1CCCCC1.[Cl-]. The molecule has 1 aliphatic heterocycles. The molecule has 1 aromatic carbocycles. The van der Waals surface area contributed by atoms with Crippen molar-refractivity contribution in [1.29, 1.82) is 0 Å². The van der Waals surface area contributed by atoms with E-state index in [1.54, 1.807) is 17.0 Å². The Morgan fingerprint density at radius 3 is 2.54 bits per heavy atom. The second-order valence-electron chi connectivity index (χ2n) is 6.66. The molecule has 134 valence electrons. The van der Waals surface area contributed by atoms with Crippen LogP contribution in [0.1, 0.15) is 44.9 Å². The molecule has 1 aliphatic carbocycles. The van der Waals surface area contributed by atoms with Crippen LogP contribution in [0, 0.1) is 0 Å². The van der Waals surface area contributed by atoms with Crippen molar-refractivity contribution in [3.05, 3.63) is 29.3 Å². The molecule has 2 N–H and O–H groups in total. The van der Waals surface area contributed by atoms with Crippen LogP contribution in [0.2, 0.25) is 5.02 Å². The van der Waals surface area contributed by atoms with E-state index in [0.717, 1.165) is 12.8 Å². The van der Waals surface area contributed by atoms with Gasteiger partial charge in [0.2, 0.25) is 0 Å². The molecule has 2 aliphatic rings. The van der Waals surface area contributed by atoms with Crippen LogP contribution >= 0.6 is 11.6 Å². The molecule has 3 rings (SSSR count). The monoisotopic (exact) mass is 372 g/mol. The fourth-order valence-electron chi connectivity index (χ4n) is 3.92. The normalized spacial score (nSPS) is 24.7. The number of para-hydroxylation sites is 1. The highest BCUT2D eigenvalue weighted by Gasteiger charge is 2.36. The Morgan fingerprint density at radius 2 is 1.79 bits per heavy atom. The number of carbonyl (C=O) groups excluding carboxylic acids is 1. The van der Waals surface area contributed by atoms with Gasteiger partial charge in [0, 0.05) is 6.42 Å². The molecule has 1 heterocycles. The average Bonchev–Trinajstić information content (AvgIpc) is 2.58. The number of likely N-dealkylation sites (tertiary alicyclic amines) is 1. The van der Waals surface area contributed by atoms with Gasteiger partial charge in [0.1, 0.15) is 6.04 Å². The average molecular weight is 373 g/mol. The topological polar surface area (TPSA) is 42.8 Å². The molecule has 0 spiro atoms. The first-order chi connectivity index (χ1) is 11.2. The van der Waals surface area contributed by atoms with Gasteiger partial charge in [-0.1, -0.05) is 23.7 Å². The summed E-state index contributed by atoms with van der Waals surface area (Å²) in [5.41, 5.74) is 0.608. The Bertz CT molecular complexity index is 536. The van der Waals surface area contributed by atoms with Crippen molar-refractivity contribution in [3.8, 4) is 0 Å². The third kappa shape index (κ3) is 5.01. The Hall–Kier alpha value is -0.970. The van der Waals surface area contributed by atoms with E-state index in [2.05, 4.69) is 5.32 Å². The van der Waals surface area contributed by atoms with Crippen LogP contribution in [0.5, 0.6) is 0 Å². The number of nitrogens with one attached hydrogen (secondary N) is 2. The van der Waals surface area contributed by atoms with E-state index in [4.69, 9.17) is 16.3 Å². The second kappa shape index (κ2) is 9.50. The van der Waals surface area contributed by atoms with Gasteiger partial charge < -0.3 is 22.0 Å². The molecule has 0 aromatic heterocycles. The molecule has 4 nitrogen and oxygen atoms in total. The number of ether oxygens (including phenoxy) is 1. The highest BCUT2D eigenvalue weighted by Crippen LogP contribution is 2.23. The minimum absolute atomic E-state index is 0. The third-order valence-electron chi connectivity index (χ3n) is 5.09. The number of anilines is 1. The number of quaternary nitrogens is 1. The fraction of sp³-hybridized carbons (Fsp3) is 0.611. The van der Waals surface area contributed by atoms with Crippen molar-refractivity contribution in [3.63, 3.8) is 0 Å². The van der Waals surface area contributed by atoms with E-state index in [1.807, 2.05) is 12.1 Å². The zero-order valence-corrected chi connectivity index (χ0v) is 15.4. The molecular weight excluding hydrogens is 347 g/mol. The summed E-state index contributed by atoms with van der Waals surface area (Å²) < 4.78 is 5.79. The number of hydrogen-bond donors (Lipinski definition) is 2. The number of halogens is 2. The fourth-order valence-corrected chi connectivity index (χ4v) is 4.10. The van der Waals surface area contributed by atoms with Gasteiger partial charge >= 0.3 is 6.09 Å². The number of benzene rings is 1.